The van der Waals surface area contributed by atoms with Gasteiger partial charge in [-0.1, -0.05) is 6.07 Å². The number of pyridine rings is 2. The zero-order chi connectivity index (χ0) is 18.4. The van der Waals surface area contributed by atoms with Crippen molar-refractivity contribution in [2.75, 3.05) is 18.0 Å². The molecule has 2 aliphatic heterocycles. The van der Waals surface area contributed by atoms with Gasteiger partial charge >= 0.3 is 0 Å². The van der Waals surface area contributed by atoms with Crippen molar-refractivity contribution in [1.29, 1.82) is 0 Å². The molecule has 5 heterocycles. The van der Waals surface area contributed by atoms with Crippen molar-refractivity contribution in [3.8, 4) is 11.1 Å². The molecule has 2 aliphatic rings. The number of nitrogens with zero attached hydrogens (tertiary/aromatic N) is 5. The molecule has 2 bridgehead atoms. The highest BCUT2D eigenvalue weighted by molar-refractivity contribution is 5.62. The number of piperidine rings is 1. The Balaban J connectivity index is 1.54. The van der Waals surface area contributed by atoms with Crippen LogP contribution in [0.4, 0.5) is 5.95 Å². The van der Waals surface area contributed by atoms with E-state index in [4.69, 9.17) is 0 Å². The molecule has 6 nitrogen and oxygen atoms in total. The molecule has 0 radical (unpaired) electrons. The van der Waals surface area contributed by atoms with E-state index in [0.29, 0.717) is 11.8 Å². The van der Waals surface area contributed by atoms with Gasteiger partial charge in [0, 0.05) is 67.2 Å². The third-order valence-corrected chi connectivity index (χ3v) is 5.62. The molecule has 3 aromatic heterocycles. The van der Waals surface area contributed by atoms with Crippen molar-refractivity contribution < 1.29 is 0 Å². The summed E-state index contributed by atoms with van der Waals surface area (Å²) in [7, 11) is 0. The first-order chi connectivity index (χ1) is 13.2. The SMILES string of the molecule is Cc1ccnc(N2C[C@@H]3C[C@H](C2)c2cc(-c4cccnc4)cc(=O)n2C3)n1. The molecule has 1 fully saturated rings. The van der Waals surface area contributed by atoms with Crippen LogP contribution in [-0.2, 0) is 6.54 Å². The first-order valence-corrected chi connectivity index (χ1v) is 9.37. The van der Waals surface area contributed by atoms with E-state index in [0.717, 1.165) is 54.5 Å². The second-order valence-corrected chi connectivity index (χ2v) is 7.56. The lowest BCUT2D eigenvalue weighted by Gasteiger charge is -2.43. The molecule has 0 unspecified atom stereocenters. The maximum Gasteiger partial charge on any atom is 0.251 e. The molecule has 0 spiro atoms. The number of hydrogen-bond donors (Lipinski definition) is 0. The number of anilines is 1. The van der Waals surface area contributed by atoms with Crippen molar-refractivity contribution in [1.82, 2.24) is 19.5 Å². The maximum atomic E-state index is 12.8. The summed E-state index contributed by atoms with van der Waals surface area (Å²) in [6.45, 7) is 4.50. The van der Waals surface area contributed by atoms with Crippen LogP contribution in [-0.4, -0.2) is 32.6 Å². The number of rotatable bonds is 2. The minimum Gasteiger partial charge on any atom is -0.340 e. The fourth-order valence-electron chi connectivity index (χ4n) is 4.41. The summed E-state index contributed by atoms with van der Waals surface area (Å²) >= 11 is 0. The maximum absolute atomic E-state index is 12.8. The Morgan fingerprint density at radius 1 is 1.07 bits per heavy atom. The first kappa shape index (κ1) is 16.2. The molecular formula is C21H21N5O. The molecular weight excluding hydrogens is 338 g/mol. The van der Waals surface area contributed by atoms with Gasteiger partial charge in [-0.3, -0.25) is 9.78 Å². The predicted octanol–water partition coefficient (Wildman–Crippen LogP) is 2.63. The molecule has 2 atom stereocenters. The van der Waals surface area contributed by atoms with E-state index in [9.17, 15) is 4.79 Å². The molecule has 136 valence electrons. The minimum absolute atomic E-state index is 0.0845. The van der Waals surface area contributed by atoms with Gasteiger partial charge in [0.15, 0.2) is 0 Å². The fourth-order valence-corrected chi connectivity index (χ4v) is 4.41. The van der Waals surface area contributed by atoms with Crippen molar-refractivity contribution in [2.45, 2.75) is 25.8 Å². The van der Waals surface area contributed by atoms with E-state index in [2.05, 4.69) is 25.9 Å². The molecule has 0 amide bonds. The molecule has 6 heteroatoms. The van der Waals surface area contributed by atoms with E-state index < -0.39 is 0 Å². The molecule has 27 heavy (non-hydrogen) atoms. The normalized spacial score (nSPS) is 21.0. The Hall–Kier alpha value is -3.02. The quantitative estimate of drug-likeness (QED) is 0.704. The average molecular weight is 359 g/mol. The van der Waals surface area contributed by atoms with E-state index in [1.807, 2.05) is 42.1 Å². The van der Waals surface area contributed by atoms with Crippen LogP contribution in [0.5, 0.6) is 0 Å². The highest BCUT2D eigenvalue weighted by Crippen LogP contribution is 2.37. The van der Waals surface area contributed by atoms with Crippen molar-refractivity contribution >= 4 is 5.95 Å². The lowest BCUT2D eigenvalue weighted by Crippen LogP contribution is -2.47. The Morgan fingerprint density at radius 3 is 2.81 bits per heavy atom. The Kier molecular flexibility index (Phi) is 3.77. The largest absolute Gasteiger partial charge is 0.340 e. The summed E-state index contributed by atoms with van der Waals surface area (Å²) in [4.78, 5) is 28.3. The van der Waals surface area contributed by atoms with Gasteiger partial charge in [-0.05, 0) is 43.0 Å². The van der Waals surface area contributed by atoms with Gasteiger partial charge in [-0.25, -0.2) is 9.97 Å². The number of fused-ring (bicyclic) bond motifs is 4. The van der Waals surface area contributed by atoms with Crippen LogP contribution in [0.3, 0.4) is 0 Å². The van der Waals surface area contributed by atoms with Gasteiger partial charge in [0.2, 0.25) is 5.95 Å². The smallest absolute Gasteiger partial charge is 0.251 e. The fraction of sp³-hybridized carbons (Fsp3) is 0.333. The van der Waals surface area contributed by atoms with Crippen LogP contribution in [0.15, 0.2) is 53.7 Å². The average Bonchev–Trinajstić information content (AvgIpc) is 2.69. The highest BCUT2D eigenvalue weighted by Gasteiger charge is 2.35. The number of hydrogen-bond acceptors (Lipinski definition) is 5. The summed E-state index contributed by atoms with van der Waals surface area (Å²) < 4.78 is 1.97. The molecule has 1 saturated heterocycles. The molecule has 0 N–H and O–H groups in total. The first-order valence-electron chi connectivity index (χ1n) is 9.37. The third-order valence-electron chi connectivity index (χ3n) is 5.62. The van der Waals surface area contributed by atoms with E-state index in [-0.39, 0.29) is 5.56 Å². The van der Waals surface area contributed by atoms with E-state index in [1.165, 1.54) is 0 Å². The van der Waals surface area contributed by atoms with Gasteiger partial charge in [0.1, 0.15) is 0 Å². The van der Waals surface area contributed by atoms with Crippen molar-refractivity contribution in [2.24, 2.45) is 5.92 Å². The molecule has 0 aliphatic carbocycles. The van der Waals surface area contributed by atoms with Gasteiger partial charge in [0.05, 0.1) is 0 Å². The summed E-state index contributed by atoms with van der Waals surface area (Å²) in [5.74, 6) is 1.55. The summed E-state index contributed by atoms with van der Waals surface area (Å²) in [6, 6.07) is 9.73. The Bertz CT molecular complexity index is 1050. The molecule has 3 aromatic rings. The minimum atomic E-state index is 0.0845. The van der Waals surface area contributed by atoms with Crippen LogP contribution in [0.1, 0.15) is 23.7 Å². The zero-order valence-corrected chi connectivity index (χ0v) is 15.2. The second kappa shape index (κ2) is 6.30. The summed E-state index contributed by atoms with van der Waals surface area (Å²) in [5, 5.41) is 0. The van der Waals surface area contributed by atoms with E-state index in [1.54, 1.807) is 12.3 Å². The van der Waals surface area contributed by atoms with Crippen LogP contribution in [0.2, 0.25) is 0 Å². The lowest BCUT2D eigenvalue weighted by atomic mass is 9.82. The van der Waals surface area contributed by atoms with Gasteiger partial charge < -0.3 is 9.47 Å². The van der Waals surface area contributed by atoms with Gasteiger partial charge in [-0.15, -0.1) is 0 Å². The summed E-state index contributed by atoms with van der Waals surface area (Å²) in [6.07, 6.45) is 6.49. The van der Waals surface area contributed by atoms with Crippen molar-refractivity contribution in [3.63, 3.8) is 0 Å². The van der Waals surface area contributed by atoms with Gasteiger partial charge in [0.25, 0.3) is 5.56 Å². The standard InChI is InChI=1S/C21H21N5O/c1-14-4-6-23-21(24-14)25-11-15-7-18(13-25)19-8-17(9-20(27)26(19)12-15)16-3-2-5-22-10-16/h2-6,8-10,15,18H,7,11-13H2,1H3/t15-,18+/m0/s1. The molecule has 0 aromatic carbocycles. The third kappa shape index (κ3) is 2.91. The monoisotopic (exact) mass is 359 g/mol. The van der Waals surface area contributed by atoms with Crippen LogP contribution in [0.25, 0.3) is 11.1 Å². The lowest BCUT2D eigenvalue weighted by molar-refractivity contribution is 0.280. The highest BCUT2D eigenvalue weighted by atomic mass is 16.1. The van der Waals surface area contributed by atoms with Gasteiger partial charge in [-0.2, -0.15) is 0 Å². The number of aromatic nitrogens is 4. The summed E-state index contributed by atoms with van der Waals surface area (Å²) in [5.41, 5.74) is 4.11. The van der Waals surface area contributed by atoms with Crippen LogP contribution in [0, 0.1) is 12.8 Å². The predicted molar refractivity (Wildman–Crippen MR) is 104 cm³/mol. The van der Waals surface area contributed by atoms with Crippen LogP contribution < -0.4 is 10.5 Å². The Labute approximate surface area is 157 Å². The van der Waals surface area contributed by atoms with E-state index >= 15 is 0 Å². The van der Waals surface area contributed by atoms with Crippen LogP contribution >= 0.6 is 0 Å². The number of aryl methyl sites for hydroxylation is 1. The molecule has 5 rings (SSSR count). The molecule has 0 saturated carbocycles. The Morgan fingerprint density at radius 2 is 2.00 bits per heavy atom. The topological polar surface area (TPSA) is 63.9 Å². The zero-order valence-electron chi connectivity index (χ0n) is 15.2. The second-order valence-electron chi connectivity index (χ2n) is 7.56. The van der Waals surface area contributed by atoms with Crippen molar-refractivity contribution in [3.05, 3.63) is 70.7 Å².